The topological polar surface area (TPSA) is 55.8 Å². The van der Waals surface area contributed by atoms with Crippen molar-refractivity contribution in [3.8, 4) is 11.5 Å². The first kappa shape index (κ1) is 18.0. The third-order valence-corrected chi connectivity index (χ3v) is 8.01. The van der Waals surface area contributed by atoms with Crippen LogP contribution in [0.3, 0.4) is 0 Å². The molecule has 0 N–H and O–H groups in total. The molecule has 1 unspecified atom stereocenters. The number of hydrogen-bond acceptors (Lipinski definition) is 5. The fraction of sp³-hybridized carbons (Fsp3) is 0.333. The van der Waals surface area contributed by atoms with Crippen molar-refractivity contribution in [2.24, 2.45) is 0 Å². The molecule has 0 spiro atoms. The van der Waals surface area contributed by atoms with E-state index in [1.165, 1.54) is 0 Å². The van der Waals surface area contributed by atoms with Gasteiger partial charge in [0.1, 0.15) is 0 Å². The van der Waals surface area contributed by atoms with Crippen LogP contribution in [-0.2, 0) is 10.0 Å². The summed E-state index contributed by atoms with van der Waals surface area (Å²) in [6, 6.07) is 12.3. The molecule has 2 aliphatic rings. The van der Waals surface area contributed by atoms with Crippen LogP contribution < -0.4 is 9.47 Å². The van der Waals surface area contributed by atoms with E-state index in [2.05, 4.69) is 0 Å². The average Bonchev–Trinajstić information content (AvgIpc) is 2.96. The molecule has 2 heterocycles. The SMILES string of the molecule is O=S(=O)(c1ccc(Cl)cc1)N1CCSC(c2ccc3c(c2)OCO3)CC1. The Bertz CT molecular complexity index is 902. The predicted molar refractivity (Wildman–Crippen MR) is 103 cm³/mol. The van der Waals surface area contributed by atoms with Gasteiger partial charge in [-0.15, -0.1) is 0 Å². The van der Waals surface area contributed by atoms with Gasteiger partial charge in [0.25, 0.3) is 0 Å². The first-order valence-electron chi connectivity index (χ1n) is 8.31. The summed E-state index contributed by atoms with van der Waals surface area (Å²) in [6.07, 6.45) is 0.747. The second-order valence-corrected chi connectivity index (χ2v) is 9.80. The largest absolute Gasteiger partial charge is 0.454 e. The summed E-state index contributed by atoms with van der Waals surface area (Å²) < 4.78 is 38.1. The number of sulfonamides is 1. The molecular weight excluding hydrogens is 394 g/mol. The molecular formula is C18H18ClNO4S2. The maximum absolute atomic E-state index is 12.9. The monoisotopic (exact) mass is 411 g/mol. The van der Waals surface area contributed by atoms with Gasteiger partial charge in [-0.3, -0.25) is 0 Å². The van der Waals surface area contributed by atoms with Crippen LogP contribution in [0.4, 0.5) is 0 Å². The summed E-state index contributed by atoms with van der Waals surface area (Å²) in [5, 5.41) is 0.758. The molecule has 1 fully saturated rings. The molecule has 0 aromatic heterocycles. The number of rotatable bonds is 3. The van der Waals surface area contributed by atoms with Crippen LogP contribution in [0.5, 0.6) is 11.5 Å². The van der Waals surface area contributed by atoms with Crippen molar-refractivity contribution in [2.45, 2.75) is 16.6 Å². The van der Waals surface area contributed by atoms with Crippen LogP contribution in [-0.4, -0.2) is 38.4 Å². The molecule has 5 nitrogen and oxygen atoms in total. The number of hydrogen-bond donors (Lipinski definition) is 0. The zero-order valence-corrected chi connectivity index (χ0v) is 16.3. The Morgan fingerprint density at radius 3 is 2.62 bits per heavy atom. The van der Waals surface area contributed by atoms with Crippen molar-refractivity contribution in [1.29, 1.82) is 0 Å². The second kappa shape index (κ2) is 7.31. The van der Waals surface area contributed by atoms with E-state index < -0.39 is 10.0 Å². The molecule has 0 radical (unpaired) electrons. The maximum atomic E-state index is 12.9. The minimum Gasteiger partial charge on any atom is -0.454 e. The Morgan fingerprint density at radius 2 is 1.81 bits per heavy atom. The molecule has 0 saturated carbocycles. The zero-order valence-electron chi connectivity index (χ0n) is 13.9. The molecule has 0 amide bonds. The summed E-state index contributed by atoms with van der Waals surface area (Å²) in [4.78, 5) is 0.286. The van der Waals surface area contributed by atoms with Gasteiger partial charge in [-0.1, -0.05) is 17.7 Å². The normalized spacial score (nSPS) is 20.7. The van der Waals surface area contributed by atoms with Crippen LogP contribution in [0, 0.1) is 0 Å². The fourth-order valence-corrected chi connectivity index (χ4v) is 6.04. The van der Waals surface area contributed by atoms with Crippen molar-refractivity contribution in [2.75, 3.05) is 25.6 Å². The number of thioether (sulfide) groups is 1. The number of fused-ring (bicyclic) bond motifs is 1. The van der Waals surface area contributed by atoms with E-state index >= 15 is 0 Å². The third-order valence-electron chi connectivity index (χ3n) is 4.52. The highest BCUT2D eigenvalue weighted by Crippen LogP contribution is 2.40. The number of nitrogens with zero attached hydrogens (tertiary/aromatic N) is 1. The quantitative estimate of drug-likeness (QED) is 0.765. The van der Waals surface area contributed by atoms with Gasteiger partial charge in [-0.2, -0.15) is 16.1 Å². The molecule has 4 rings (SSSR count). The highest BCUT2D eigenvalue weighted by atomic mass is 35.5. The molecule has 1 atom stereocenters. The van der Waals surface area contributed by atoms with Crippen LogP contribution in [0.15, 0.2) is 47.4 Å². The van der Waals surface area contributed by atoms with Gasteiger partial charge in [0.15, 0.2) is 11.5 Å². The average molecular weight is 412 g/mol. The fourth-order valence-electron chi connectivity index (χ4n) is 3.13. The van der Waals surface area contributed by atoms with Crippen molar-refractivity contribution in [3.05, 3.63) is 53.1 Å². The summed E-state index contributed by atoms with van der Waals surface area (Å²) in [5.74, 6) is 2.27. The predicted octanol–water partition coefficient (Wildman–Crippen LogP) is 3.94. The van der Waals surface area contributed by atoms with Crippen molar-refractivity contribution in [3.63, 3.8) is 0 Å². The highest BCUT2D eigenvalue weighted by Gasteiger charge is 2.29. The molecule has 2 aromatic rings. The van der Waals surface area contributed by atoms with E-state index in [0.29, 0.717) is 18.1 Å². The molecule has 0 aliphatic carbocycles. The Balaban J connectivity index is 1.50. The Hall–Kier alpha value is -1.41. The first-order chi connectivity index (χ1) is 12.5. The maximum Gasteiger partial charge on any atom is 0.243 e. The van der Waals surface area contributed by atoms with Gasteiger partial charge in [0.05, 0.1) is 4.90 Å². The molecule has 2 aromatic carbocycles. The van der Waals surface area contributed by atoms with E-state index in [0.717, 1.165) is 29.2 Å². The smallest absolute Gasteiger partial charge is 0.243 e. The van der Waals surface area contributed by atoms with Gasteiger partial charge in [-0.25, -0.2) is 8.42 Å². The standard InChI is InChI=1S/C18H18ClNO4S2/c19-14-2-4-15(5-3-14)26(21,22)20-8-7-18(25-10-9-20)13-1-6-16-17(11-13)24-12-23-16/h1-6,11,18H,7-10,12H2. The van der Waals surface area contributed by atoms with E-state index in [1.54, 1.807) is 40.3 Å². The van der Waals surface area contributed by atoms with E-state index in [1.807, 2.05) is 18.2 Å². The molecule has 138 valence electrons. The van der Waals surface area contributed by atoms with Crippen molar-refractivity contribution >= 4 is 33.4 Å². The number of halogens is 1. The van der Waals surface area contributed by atoms with Crippen LogP contribution in [0.1, 0.15) is 17.2 Å². The minimum atomic E-state index is -3.50. The van der Waals surface area contributed by atoms with Crippen LogP contribution in [0.25, 0.3) is 0 Å². The van der Waals surface area contributed by atoms with E-state index in [4.69, 9.17) is 21.1 Å². The lowest BCUT2D eigenvalue weighted by Gasteiger charge is -2.20. The molecule has 2 aliphatic heterocycles. The van der Waals surface area contributed by atoms with Crippen LogP contribution >= 0.6 is 23.4 Å². The van der Waals surface area contributed by atoms with Crippen LogP contribution in [0.2, 0.25) is 5.02 Å². The summed E-state index contributed by atoms with van der Waals surface area (Å²) >= 11 is 7.65. The van der Waals surface area contributed by atoms with Gasteiger partial charge in [-0.05, 0) is 48.4 Å². The van der Waals surface area contributed by atoms with Gasteiger partial charge in [0, 0.05) is 29.1 Å². The van der Waals surface area contributed by atoms with Gasteiger partial charge >= 0.3 is 0 Å². The van der Waals surface area contributed by atoms with Gasteiger partial charge < -0.3 is 9.47 Å². The lowest BCUT2D eigenvalue weighted by molar-refractivity contribution is 0.174. The molecule has 0 bridgehead atoms. The third kappa shape index (κ3) is 3.53. The highest BCUT2D eigenvalue weighted by molar-refractivity contribution is 7.99. The Labute approximate surface area is 162 Å². The minimum absolute atomic E-state index is 0.231. The molecule has 1 saturated heterocycles. The van der Waals surface area contributed by atoms with Crippen molar-refractivity contribution in [1.82, 2.24) is 4.31 Å². The summed E-state index contributed by atoms with van der Waals surface area (Å²) in [7, 11) is -3.50. The lowest BCUT2D eigenvalue weighted by Crippen LogP contribution is -2.33. The Kier molecular flexibility index (Phi) is 5.05. The lowest BCUT2D eigenvalue weighted by atomic mass is 10.1. The first-order valence-corrected chi connectivity index (χ1v) is 11.2. The summed E-state index contributed by atoms with van der Waals surface area (Å²) in [6.45, 7) is 1.23. The molecule has 26 heavy (non-hydrogen) atoms. The summed E-state index contributed by atoms with van der Waals surface area (Å²) in [5.41, 5.74) is 1.14. The molecule has 8 heteroatoms. The zero-order chi connectivity index (χ0) is 18.1. The number of benzene rings is 2. The van der Waals surface area contributed by atoms with E-state index in [9.17, 15) is 8.42 Å². The van der Waals surface area contributed by atoms with Crippen molar-refractivity contribution < 1.29 is 17.9 Å². The Morgan fingerprint density at radius 1 is 1.04 bits per heavy atom. The second-order valence-electron chi connectivity index (χ2n) is 6.12. The number of ether oxygens (including phenoxy) is 2. The van der Waals surface area contributed by atoms with E-state index in [-0.39, 0.29) is 16.9 Å². The van der Waals surface area contributed by atoms with Gasteiger partial charge in [0.2, 0.25) is 16.8 Å².